The summed E-state index contributed by atoms with van der Waals surface area (Å²) in [5.74, 6) is 0.995. The summed E-state index contributed by atoms with van der Waals surface area (Å²) in [5, 5.41) is 3.28. The molecule has 42 heavy (non-hydrogen) atoms. The number of amides is 3. The lowest BCUT2D eigenvalue weighted by Gasteiger charge is -2.37. The zero-order chi connectivity index (χ0) is 29.6. The van der Waals surface area contributed by atoms with E-state index in [0.29, 0.717) is 24.9 Å². The number of ether oxygens (including phenoxy) is 1. The van der Waals surface area contributed by atoms with Gasteiger partial charge in [-0.05, 0) is 58.2 Å². The van der Waals surface area contributed by atoms with Gasteiger partial charge in [0.05, 0.1) is 24.8 Å². The van der Waals surface area contributed by atoms with Crippen LogP contribution in [0.2, 0.25) is 0 Å². The van der Waals surface area contributed by atoms with E-state index in [1.807, 2.05) is 57.2 Å². The molecule has 1 atom stereocenters. The molecule has 4 heterocycles. The maximum Gasteiger partial charge on any atom is 0.414 e. The van der Waals surface area contributed by atoms with Gasteiger partial charge in [-0.2, -0.15) is 4.98 Å². The summed E-state index contributed by atoms with van der Waals surface area (Å²) in [7, 11) is 3.88. The van der Waals surface area contributed by atoms with Crippen LogP contribution in [0, 0.1) is 0 Å². The number of urea groups is 1. The van der Waals surface area contributed by atoms with Gasteiger partial charge < -0.3 is 24.8 Å². The summed E-state index contributed by atoms with van der Waals surface area (Å²) in [6.07, 6.45) is 1.34. The average Bonchev–Trinajstić information content (AvgIpc) is 3.35. The predicted octanol–water partition coefficient (Wildman–Crippen LogP) is 4.84. The molecule has 0 saturated carbocycles. The van der Waals surface area contributed by atoms with Gasteiger partial charge in [0.25, 0.3) is 0 Å². The first-order valence-electron chi connectivity index (χ1n) is 14.4. The van der Waals surface area contributed by atoms with E-state index in [1.54, 1.807) is 27.9 Å². The number of anilines is 5. The molecule has 3 aromatic rings. The number of hydrogen-bond donors (Lipinski definition) is 1. The van der Waals surface area contributed by atoms with Crippen LogP contribution in [0.25, 0.3) is 0 Å². The minimum absolute atomic E-state index is 0.186. The molecule has 3 aliphatic rings. The monoisotopic (exact) mass is 570 g/mol. The van der Waals surface area contributed by atoms with Crippen LogP contribution in [0.5, 0.6) is 0 Å². The fourth-order valence-corrected chi connectivity index (χ4v) is 5.73. The third kappa shape index (κ3) is 5.44. The Balaban J connectivity index is 1.18. The first kappa shape index (κ1) is 27.8. The minimum atomic E-state index is -0.625. The van der Waals surface area contributed by atoms with Crippen LogP contribution in [-0.4, -0.2) is 84.3 Å². The molecule has 3 amide bonds. The van der Waals surface area contributed by atoms with Gasteiger partial charge in [0, 0.05) is 61.9 Å². The van der Waals surface area contributed by atoms with E-state index in [9.17, 15) is 9.59 Å². The highest BCUT2D eigenvalue weighted by molar-refractivity contribution is 5.95. The topological polar surface area (TPSA) is 97.4 Å². The van der Waals surface area contributed by atoms with Crippen molar-refractivity contribution in [2.24, 2.45) is 0 Å². The molecule has 1 aromatic heterocycles. The zero-order valence-electron chi connectivity index (χ0n) is 24.9. The first-order valence-corrected chi connectivity index (χ1v) is 14.4. The molecule has 1 saturated heterocycles. The second kappa shape index (κ2) is 10.8. The molecule has 0 bridgehead atoms. The molecular weight excluding hydrogens is 532 g/mol. The molecule has 1 unspecified atom stereocenters. The van der Waals surface area contributed by atoms with Gasteiger partial charge in [-0.3, -0.25) is 9.80 Å². The van der Waals surface area contributed by atoms with Crippen LogP contribution < -0.4 is 20.0 Å². The summed E-state index contributed by atoms with van der Waals surface area (Å²) in [6.45, 7) is 10.3. The summed E-state index contributed by atoms with van der Waals surface area (Å²) in [4.78, 5) is 45.7. The predicted molar refractivity (Wildman–Crippen MR) is 164 cm³/mol. The Morgan fingerprint density at radius 3 is 2.43 bits per heavy atom. The van der Waals surface area contributed by atoms with Gasteiger partial charge in [0.2, 0.25) is 5.95 Å². The summed E-state index contributed by atoms with van der Waals surface area (Å²) in [5.41, 5.74) is 3.95. The summed E-state index contributed by atoms with van der Waals surface area (Å²) in [6, 6.07) is 15.4. The Morgan fingerprint density at radius 2 is 1.71 bits per heavy atom. The Bertz CT molecular complexity index is 1480. The first-order chi connectivity index (χ1) is 20.1. The number of rotatable bonds is 4. The second-order valence-electron chi connectivity index (χ2n) is 12.1. The third-order valence-corrected chi connectivity index (χ3v) is 7.96. The molecule has 2 aromatic carbocycles. The Hall–Kier alpha value is -4.38. The Morgan fingerprint density at radius 1 is 1.00 bits per heavy atom. The van der Waals surface area contributed by atoms with E-state index in [2.05, 4.69) is 39.3 Å². The summed E-state index contributed by atoms with van der Waals surface area (Å²) >= 11 is 0. The van der Waals surface area contributed by atoms with Crippen molar-refractivity contribution in [3.05, 3.63) is 65.9 Å². The van der Waals surface area contributed by atoms with Crippen molar-refractivity contribution in [2.75, 3.05) is 66.8 Å². The maximum atomic E-state index is 13.7. The van der Waals surface area contributed by atoms with Crippen molar-refractivity contribution in [1.82, 2.24) is 19.8 Å². The maximum absolute atomic E-state index is 13.7. The van der Waals surface area contributed by atoms with Crippen molar-refractivity contribution >= 4 is 41.0 Å². The number of fused-ring (bicyclic) bond motifs is 2. The quantitative estimate of drug-likeness (QED) is 0.476. The van der Waals surface area contributed by atoms with Crippen LogP contribution in [0.4, 0.5) is 38.4 Å². The lowest BCUT2D eigenvalue weighted by atomic mass is 10.1. The fraction of sp³-hybridized carbons (Fsp3) is 0.419. The van der Waals surface area contributed by atoms with E-state index >= 15 is 0 Å². The van der Waals surface area contributed by atoms with Gasteiger partial charge in [-0.25, -0.2) is 14.6 Å². The highest BCUT2D eigenvalue weighted by Crippen LogP contribution is 2.42. The van der Waals surface area contributed by atoms with Crippen molar-refractivity contribution in [2.45, 2.75) is 39.0 Å². The normalized spacial score (nSPS) is 19.1. The molecule has 220 valence electrons. The molecule has 0 aliphatic carbocycles. The van der Waals surface area contributed by atoms with Gasteiger partial charge in [0.15, 0.2) is 0 Å². The molecule has 6 rings (SSSR count). The van der Waals surface area contributed by atoms with Gasteiger partial charge in [-0.15, -0.1) is 0 Å². The van der Waals surface area contributed by atoms with Crippen LogP contribution in [-0.2, 0) is 11.3 Å². The van der Waals surface area contributed by atoms with Crippen LogP contribution in [0.1, 0.15) is 37.9 Å². The van der Waals surface area contributed by atoms with E-state index in [4.69, 9.17) is 9.72 Å². The number of hydrogen-bond acceptors (Lipinski definition) is 8. The fourth-order valence-electron chi connectivity index (χ4n) is 5.73. The molecule has 0 spiro atoms. The molecule has 0 radical (unpaired) electrons. The number of benzene rings is 2. The van der Waals surface area contributed by atoms with Crippen molar-refractivity contribution in [3.8, 4) is 0 Å². The number of piperazine rings is 1. The van der Waals surface area contributed by atoms with Crippen molar-refractivity contribution in [3.63, 3.8) is 0 Å². The average molecular weight is 571 g/mol. The molecule has 11 nitrogen and oxygen atoms in total. The lowest BCUT2D eigenvalue weighted by molar-refractivity contribution is 0.0576. The van der Waals surface area contributed by atoms with Crippen molar-refractivity contribution < 1.29 is 14.3 Å². The SMILES string of the molecule is CN1CCN(c2ccc(Nc3ncc4c(n3)N(C)C(=O)N(C3CN(C(=O)OC(C)(C)C)c5ccccc53)C4)cc2)CC1. The third-order valence-electron chi connectivity index (χ3n) is 7.96. The highest BCUT2D eigenvalue weighted by atomic mass is 16.6. The van der Waals surface area contributed by atoms with Gasteiger partial charge in [0.1, 0.15) is 11.4 Å². The molecule has 1 fully saturated rings. The molecule has 3 aliphatic heterocycles. The van der Waals surface area contributed by atoms with E-state index in [0.717, 1.165) is 48.7 Å². The molecule has 1 N–H and O–H groups in total. The van der Waals surface area contributed by atoms with E-state index in [1.165, 1.54) is 5.69 Å². The van der Waals surface area contributed by atoms with Crippen molar-refractivity contribution in [1.29, 1.82) is 0 Å². The number of nitrogens with one attached hydrogen (secondary N) is 1. The van der Waals surface area contributed by atoms with Gasteiger partial charge >= 0.3 is 12.1 Å². The van der Waals surface area contributed by atoms with Gasteiger partial charge in [-0.1, -0.05) is 18.2 Å². The number of likely N-dealkylation sites (N-methyl/N-ethyl adjacent to an activating group) is 1. The zero-order valence-corrected chi connectivity index (χ0v) is 24.9. The van der Waals surface area contributed by atoms with Crippen LogP contribution in [0.15, 0.2) is 54.7 Å². The largest absolute Gasteiger partial charge is 0.443 e. The second-order valence-corrected chi connectivity index (χ2v) is 12.1. The minimum Gasteiger partial charge on any atom is -0.443 e. The summed E-state index contributed by atoms with van der Waals surface area (Å²) < 4.78 is 5.66. The molecule has 11 heteroatoms. The standard InChI is InChI=1S/C31H38N8O3/c1-31(2,3)42-30(41)39-20-26(24-8-6-7-9-25(24)39)38-19-21-18-32-28(34-27(21)36(5)29(38)40)33-22-10-12-23(13-11-22)37-16-14-35(4)15-17-37/h6-13,18,26H,14-17,19-20H2,1-5H3,(H,32,33,34). The number of carbonyl (C=O) groups excluding carboxylic acids is 2. The smallest absolute Gasteiger partial charge is 0.414 e. The molecular formula is C31H38N8O3. The lowest BCUT2D eigenvalue weighted by Crippen LogP contribution is -2.48. The number of nitrogens with zero attached hydrogens (tertiary/aromatic N) is 7. The highest BCUT2D eigenvalue weighted by Gasteiger charge is 2.42. The Kier molecular flexibility index (Phi) is 7.14. The van der Waals surface area contributed by atoms with Crippen LogP contribution in [0.3, 0.4) is 0 Å². The number of aromatic nitrogens is 2. The number of para-hydroxylation sites is 1. The van der Waals surface area contributed by atoms with E-state index < -0.39 is 11.7 Å². The van der Waals surface area contributed by atoms with Crippen LogP contribution >= 0.6 is 0 Å². The van der Waals surface area contributed by atoms with E-state index in [-0.39, 0.29) is 12.1 Å². The number of carbonyl (C=O) groups is 2. The Labute approximate surface area is 246 Å².